The molecule has 0 radical (unpaired) electrons. The molecule has 1 aliphatic heterocycles. The molecule has 2 rings (SSSR count). The van der Waals surface area contributed by atoms with Crippen LogP contribution in [0.25, 0.3) is 0 Å². The van der Waals surface area contributed by atoms with Gasteiger partial charge in [0.05, 0.1) is 13.2 Å². The molecule has 20 heavy (non-hydrogen) atoms. The Morgan fingerprint density at radius 1 is 1.45 bits per heavy atom. The minimum absolute atomic E-state index is 0.263. The Balaban J connectivity index is 2.26. The molecule has 0 bridgehead atoms. The van der Waals surface area contributed by atoms with E-state index in [0.29, 0.717) is 31.6 Å². The standard InChI is InChI=1S/C16H19NO3/c1-3-10-16(4-2)15(19)17(11-12-20-16)14(18)13-8-6-5-7-9-13/h3,5-9H,1,4,10-12H2,2H3/t16-/m1/s1. The van der Waals surface area contributed by atoms with E-state index in [9.17, 15) is 9.59 Å². The van der Waals surface area contributed by atoms with Crippen molar-refractivity contribution in [3.05, 3.63) is 48.6 Å². The van der Waals surface area contributed by atoms with Crippen molar-refractivity contribution in [2.24, 2.45) is 0 Å². The Morgan fingerprint density at radius 3 is 2.75 bits per heavy atom. The third-order valence-electron chi connectivity index (χ3n) is 3.64. The fraction of sp³-hybridized carbons (Fsp3) is 0.375. The highest BCUT2D eigenvalue weighted by molar-refractivity contribution is 6.07. The first kappa shape index (κ1) is 14.5. The highest BCUT2D eigenvalue weighted by atomic mass is 16.5. The first-order valence-corrected chi connectivity index (χ1v) is 6.81. The van der Waals surface area contributed by atoms with Gasteiger partial charge in [0.15, 0.2) is 5.60 Å². The highest BCUT2D eigenvalue weighted by Crippen LogP contribution is 2.28. The Kier molecular flexibility index (Phi) is 4.35. The number of ether oxygens (including phenoxy) is 1. The number of hydrogen-bond donors (Lipinski definition) is 0. The molecule has 0 aliphatic carbocycles. The largest absolute Gasteiger partial charge is 0.363 e. The second-order valence-electron chi connectivity index (χ2n) is 4.82. The smallest absolute Gasteiger partial charge is 0.262 e. The molecule has 1 fully saturated rings. The van der Waals surface area contributed by atoms with Crippen molar-refractivity contribution in [1.82, 2.24) is 4.90 Å². The summed E-state index contributed by atoms with van der Waals surface area (Å²) in [6, 6.07) is 8.84. The summed E-state index contributed by atoms with van der Waals surface area (Å²) in [5.41, 5.74) is -0.420. The second kappa shape index (κ2) is 6.01. The van der Waals surface area contributed by atoms with Crippen LogP contribution < -0.4 is 0 Å². The van der Waals surface area contributed by atoms with E-state index in [0.717, 1.165) is 0 Å². The van der Waals surface area contributed by atoms with Crippen LogP contribution in [-0.4, -0.2) is 35.5 Å². The summed E-state index contributed by atoms with van der Waals surface area (Å²) in [6.07, 6.45) is 2.61. The lowest BCUT2D eigenvalue weighted by molar-refractivity contribution is -0.167. The van der Waals surface area contributed by atoms with Crippen molar-refractivity contribution in [2.75, 3.05) is 13.2 Å². The predicted octanol–water partition coefficient (Wildman–Crippen LogP) is 2.41. The molecule has 1 heterocycles. The highest BCUT2D eigenvalue weighted by Gasteiger charge is 2.45. The van der Waals surface area contributed by atoms with Crippen LogP contribution in [0.15, 0.2) is 43.0 Å². The minimum atomic E-state index is -0.940. The van der Waals surface area contributed by atoms with Gasteiger partial charge in [-0.2, -0.15) is 0 Å². The zero-order chi connectivity index (χ0) is 14.6. The lowest BCUT2D eigenvalue weighted by atomic mass is 9.92. The molecule has 4 heteroatoms. The molecule has 0 aromatic heterocycles. The van der Waals surface area contributed by atoms with E-state index in [1.54, 1.807) is 30.3 Å². The number of morpholine rings is 1. The molecular weight excluding hydrogens is 254 g/mol. The van der Waals surface area contributed by atoms with E-state index < -0.39 is 5.60 Å². The van der Waals surface area contributed by atoms with Gasteiger partial charge in [-0.25, -0.2) is 0 Å². The topological polar surface area (TPSA) is 46.6 Å². The van der Waals surface area contributed by atoms with E-state index >= 15 is 0 Å². The number of nitrogens with zero attached hydrogens (tertiary/aromatic N) is 1. The fourth-order valence-electron chi connectivity index (χ4n) is 2.45. The van der Waals surface area contributed by atoms with Crippen molar-refractivity contribution < 1.29 is 14.3 Å². The molecule has 106 valence electrons. The molecule has 2 amide bonds. The molecule has 4 nitrogen and oxygen atoms in total. The van der Waals surface area contributed by atoms with Crippen molar-refractivity contribution in [2.45, 2.75) is 25.4 Å². The summed E-state index contributed by atoms with van der Waals surface area (Å²) in [7, 11) is 0. The molecule has 0 spiro atoms. The number of carbonyl (C=O) groups is 2. The van der Waals surface area contributed by atoms with Crippen molar-refractivity contribution in [1.29, 1.82) is 0 Å². The Labute approximate surface area is 119 Å². The molecular formula is C16H19NO3. The predicted molar refractivity (Wildman–Crippen MR) is 76.3 cm³/mol. The van der Waals surface area contributed by atoms with Gasteiger partial charge in [0.1, 0.15) is 0 Å². The van der Waals surface area contributed by atoms with Crippen LogP contribution in [0.1, 0.15) is 30.1 Å². The summed E-state index contributed by atoms with van der Waals surface area (Å²) in [6.45, 7) is 6.23. The number of carbonyl (C=O) groups excluding carboxylic acids is 2. The molecule has 1 saturated heterocycles. The van der Waals surface area contributed by atoms with Gasteiger partial charge in [0, 0.05) is 12.0 Å². The number of hydrogen-bond acceptors (Lipinski definition) is 3. The Hall–Kier alpha value is -1.94. The number of imide groups is 1. The number of benzene rings is 1. The van der Waals surface area contributed by atoms with Crippen LogP contribution in [-0.2, 0) is 9.53 Å². The second-order valence-corrected chi connectivity index (χ2v) is 4.82. The first-order chi connectivity index (χ1) is 9.64. The van der Waals surface area contributed by atoms with Crippen LogP contribution in [0.2, 0.25) is 0 Å². The van der Waals surface area contributed by atoms with Gasteiger partial charge in [-0.1, -0.05) is 31.2 Å². The van der Waals surface area contributed by atoms with E-state index in [4.69, 9.17) is 4.74 Å². The van der Waals surface area contributed by atoms with Crippen LogP contribution in [0.3, 0.4) is 0 Å². The molecule has 0 unspecified atom stereocenters. The summed E-state index contributed by atoms with van der Waals surface area (Å²) in [5, 5.41) is 0. The fourth-order valence-corrected chi connectivity index (χ4v) is 2.45. The zero-order valence-corrected chi connectivity index (χ0v) is 11.7. The third-order valence-corrected chi connectivity index (χ3v) is 3.64. The molecule has 1 aromatic carbocycles. The van der Waals surface area contributed by atoms with Crippen molar-refractivity contribution >= 4 is 11.8 Å². The quantitative estimate of drug-likeness (QED) is 0.625. The van der Waals surface area contributed by atoms with E-state index in [-0.39, 0.29) is 11.8 Å². The van der Waals surface area contributed by atoms with Gasteiger partial charge in [-0.05, 0) is 18.6 Å². The summed E-state index contributed by atoms with van der Waals surface area (Å²) in [4.78, 5) is 26.4. The monoisotopic (exact) mass is 273 g/mol. The lowest BCUT2D eigenvalue weighted by Gasteiger charge is -2.39. The van der Waals surface area contributed by atoms with Gasteiger partial charge < -0.3 is 4.74 Å². The maximum atomic E-state index is 12.6. The number of amides is 2. The summed E-state index contributed by atoms with van der Waals surface area (Å²) in [5.74, 6) is -0.527. The molecule has 0 saturated carbocycles. The van der Waals surface area contributed by atoms with Gasteiger partial charge >= 0.3 is 0 Å². The van der Waals surface area contributed by atoms with Gasteiger partial charge in [-0.3, -0.25) is 14.5 Å². The normalized spacial score (nSPS) is 22.6. The average Bonchev–Trinajstić information content (AvgIpc) is 2.50. The first-order valence-electron chi connectivity index (χ1n) is 6.81. The number of rotatable bonds is 4. The van der Waals surface area contributed by atoms with Crippen molar-refractivity contribution in [3.63, 3.8) is 0 Å². The third kappa shape index (κ3) is 2.51. The van der Waals surface area contributed by atoms with Gasteiger partial charge in [0.2, 0.25) is 0 Å². The van der Waals surface area contributed by atoms with Crippen molar-refractivity contribution in [3.8, 4) is 0 Å². The molecule has 0 N–H and O–H groups in total. The summed E-state index contributed by atoms with van der Waals surface area (Å²) >= 11 is 0. The zero-order valence-electron chi connectivity index (χ0n) is 11.7. The molecule has 1 atom stereocenters. The minimum Gasteiger partial charge on any atom is -0.363 e. The van der Waals surface area contributed by atoms with Crippen LogP contribution in [0.4, 0.5) is 0 Å². The Bertz CT molecular complexity index is 512. The molecule has 1 aliphatic rings. The van der Waals surface area contributed by atoms with Crippen LogP contribution in [0, 0.1) is 0 Å². The lowest BCUT2D eigenvalue weighted by Crippen LogP contribution is -2.58. The Morgan fingerprint density at radius 2 is 2.15 bits per heavy atom. The maximum Gasteiger partial charge on any atom is 0.262 e. The van der Waals surface area contributed by atoms with E-state index in [1.807, 2.05) is 13.0 Å². The van der Waals surface area contributed by atoms with Gasteiger partial charge in [0.25, 0.3) is 11.8 Å². The summed E-state index contributed by atoms with van der Waals surface area (Å²) < 4.78 is 5.67. The van der Waals surface area contributed by atoms with Crippen LogP contribution in [0.5, 0.6) is 0 Å². The SMILES string of the molecule is C=CC[C@@]1(CC)OCCN(C(=O)c2ccccc2)C1=O. The maximum absolute atomic E-state index is 12.6. The molecule has 1 aromatic rings. The van der Waals surface area contributed by atoms with E-state index in [2.05, 4.69) is 6.58 Å². The average molecular weight is 273 g/mol. The van der Waals surface area contributed by atoms with Gasteiger partial charge in [-0.15, -0.1) is 6.58 Å². The van der Waals surface area contributed by atoms with E-state index in [1.165, 1.54) is 4.90 Å². The van der Waals surface area contributed by atoms with Crippen LogP contribution >= 0.6 is 0 Å².